The Bertz CT molecular complexity index is 1410. The standard InChI is InChI=1S/C28H27N3O5S/c1-2-19-9-6-10-22-21(16-30(26(19)22)18-25(33)29-11-13-36-14-12-29)15-24-27(34)31(28(35)37-24)17-23(32)20-7-4-3-5-8-20/h3-10,15-16H,2,11-14,17-18H2,1H3/b24-15-. The van der Waals surface area contributed by atoms with Crippen LogP contribution in [0, 0.1) is 0 Å². The Kier molecular flexibility index (Phi) is 7.25. The van der Waals surface area contributed by atoms with E-state index in [9.17, 15) is 19.2 Å². The molecule has 2 fully saturated rings. The molecule has 9 heteroatoms. The van der Waals surface area contributed by atoms with Gasteiger partial charge >= 0.3 is 0 Å². The number of fused-ring (bicyclic) bond motifs is 1. The first-order valence-corrected chi connectivity index (χ1v) is 13.1. The van der Waals surface area contributed by atoms with Crippen molar-refractivity contribution in [2.75, 3.05) is 32.8 Å². The lowest BCUT2D eigenvalue weighted by Gasteiger charge is -2.27. The van der Waals surface area contributed by atoms with Crippen LogP contribution in [0.4, 0.5) is 4.79 Å². The number of rotatable bonds is 7. The van der Waals surface area contributed by atoms with Crippen LogP contribution in [0.3, 0.4) is 0 Å². The van der Waals surface area contributed by atoms with Crippen molar-refractivity contribution < 1.29 is 23.9 Å². The molecule has 0 radical (unpaired) electrons. The summed E-state index contributed by atoms with van der Waals surface area (Å²) in [6.07, 6.45) is 4.34. The number of imide groups is 1. The van der Waals surface area contributed by atoms with Crippen LogP contribution in [0.1, 0.15) is 28.4 Å². The number of aryl methyl sites for hydroxylation is 1. The monoisotopic (exact) mass is 517 g/mol. The Morgan fingerprint density at radius 1 is 1.00 bits per heavy atom. The highest BCUT2D eigenvalue weighted by Gasteiger charge is 2.36. The van der Waals surface area contributed by atoms with Crippen LogP contribution >= 0.6 is 11.8 Å². The number of hydrogen-bond acceptors (Lipinski definition) is 6. The van der Waals surface area contributed by atoms with E-state index in [0.717, 1.165) is 45.1 Å². The zero-order valence-electron chi connectivity index (χ0n) is 20.5. The molecule has 3 heterocycles. The number of Topliss-reactive ketones (excluding diaryl/α,β-unsaturated/α-hetero) is 1. The number of ether oxygens (including phenoxy) is 1. The Labute approximate surface area is 218 Å². The van der Waals surface area contributed by atoms with Crippen molar-refractivity contribution in [3.8, 4) is 0 Å². The summed E-state index contributed by atoms with van der Waals surface area (Å²) in [4.78, 5) is 54.5. The number of nitrogens with zero attached hydrogens (tertiary/aromatic N) is 3. The van der Waals surface area contributed by atoms with Crippen molar-refractivity contribution in [3.63, 3.8) is 0 Å². The molecule has 0 atom stereocenters. The normalized spacial score (nSPS) is 17.3. The number of carbonyl (C=O) groups excluding carboxylic acids is 4. The smallest absolute Gasteiger partial charge is 0.293 e. The lowest BCUT2D eigenvalue weighted by Crippen LogP contribution is -2.42. The van der Waals surface area contributed by atoms with E-state index in [1.54, 1.807) is 41.3 Å². The number of carbonyl (C=O) groups is 4. The molecular weight excluding hydrogens is 490 g/mol. The van der Waals surface area contributed by atoms with Gasteiger partial charge in [0, 0.05) is 35.8 Å². The van der Waals surface area contributed by atoms with Gasteiger partial charge in [-0.3, -0.25) is 24.1 Å². The molecule has 37 heavy (non-hydrogen) atoms. The van der Waals surface area contributed by atoms with E-state index >= 15 is 0 Å². The molecule has 2 aliphatic heterocycles. The lowest BCUT2D eigenvalue weighted by molar-refractivity contribution is -0.135. The average molecular weight is 518 g/mol. The molecule has 2 aromatic carbocycles. The van der Waals surface area contributed by atoms with Crippen LogP contribution in [0.2, 0.25) is 0 Å². The van der Waals surface area contributed by atoms with Gasteiger partial charge in [-0.05, 0) is 29.8 Å². The molecule has 2 aliphatic rings. The molecule has 0 aliphatic carbocycles. The van der Waals surface area contributed by atoms with Crippen LogP contribution in [0.15, 0.2) is 59.6 Å². The van der Waals surface area contributed by atoms with Gasteiger partial charge in [0.1, 0.15) is 6.54 Å². The summed E-state index contributed by atoms with van der Waals surface area (Å²) in [7, 11) is 0. The van der Waals surface area contributed by atoms with Gasteiger partial charge in [0.05, 0.1) is 30.2 Å². The molecule has 1 aromatic heterocycles. The van der Waals surface area contributed by atoms with Crippen LogP contribution in [0.5, 0.6) is 0 Å². The summed E-state index contributed by atoms with van der Waals surface area (Å²) in [5.74, 6) is -0.774. The molecule has 0 spiro atoms. The highest BCUT2D eigenvalue weighted by atomic mass is 32.2. The largest absolute Gasteiger partial charge is 0.378 e. The molecule has 8 nitrogen and oxygen atoms in total. The second-order valence-corrected chi connectivity index (χ2v) is 9.92. The third kappa shape index (κ3) is 5.10. The van der Waals surface area contributed by atoms with Crippen molar-refractivity contribution in [2.24, 2.45) is 0 Å². The predicted octanol–water partition coefficient (Wildman–Crippen LogP) is 3.98. The highest BCUT2D eigenvalue weighted by molar-refractivity contribution is 8.18. The summed E-state index contributed by atoms with van der Waals surface area (Å²) in [5, 5.41) is 0.433. The number of ketones is 1. The SMILES string of the molecule is CCc1cccc2c(/C=C3\SC(=O)N(CC(=O)c4ccccc4)C3=O)cn(CC(=O)N3CCOCC3)c12. The van der Waals surface area contributed by atoms with E-state index in [1.807, 2.05) is 29.0 Å². The van der Waals surface area contributed by atoms with Crippen LogP contribution in [-0.2, 0) is 27.3 Å². The van der Waals surface area contributed by atoms with Gasteiger partial charge in [-0.2, -0.15) is 0 Å². The first-order valence-electron chi connectivity index (χ1n) is 12.3. The maximum atomic E-state index is 13.1. The fourth-order valence-electron chi connectivity index (χ4n) is 4.69. The number of amides is 3. The van der Waals surface area contributed by atoms with Crippen LogP contribution in [0.25, 0.3) is 17.0 Å². The number of aromatic nitrogens is 1. The van der Waals surface area contributed by atoms with E-state index in [1.165, 1.54) is 0 Å². The van der Waals surface area contributed by atoms with Crippen molar-refractivity contribution in [1.82, 2.24) is 14.4 Å². The maximum Gasteiger partial charge on any atom is 0.293 e. The van der Waals surface area contributed by atoms with Crippen molar-refractivity contribution >= 4 is 51.6 Å². The number of benzene rings is 2. The molecule has 0 unspecified atom stereocenters. The van der Waals surface area contributed by atoms with Crippen LogP contribution in [-0.4, -0.2) is 70.1 Å². The molecule has 0 bridgehead atoms. The second kappa shape index (κ2) is 10.7. The maximum absolute atomic E-state index is 13.1. The number of thioether (sulfide) groups is 1. The fraction of sp³-hybridized carbons (Fsp3) is 0.286. The third-order valence-electron chi connectivity index (χ3n) is 6.62. The predicted molar refractivity (Wildman–Crippen MR) is 142 cm³/mol. The Balaban J connectivity index is 1.44. The zero-order chi connectivity index (χ0) is 25.9. The van der Waals surface area contributed by atoms with E-state index in [0.29, 0.717) is 31.9 Å². The Morgan fingerprint density at radius 2 is 1.76 bits per heavy atom. The average Bonchev–Trinajstić information content (AvgIpc) is 3.41. The highest BCUT2D eigenvalue weighted by Crippen LogP contribution is 2.35. The zero-order valence-corrected chi connectivity index (χ0v) is 21.3. The summed E-state index contributed by atoms with van der Waals surface area (Å²) >= 11 is 0.826. The molecule has 0 saturated carbocycles. The molecule has 3 amide bonds. The summed E-state index contributed by atoms with van der Waals surface area (Å²) in [6.45, 7) is 4.14. The lowest BCUT2D eigenvalue weighted by atomic mass is 10.1. The molecule has 3 aromatic rings. The Morgan fingerprint density at radius 3 is 2.49 bits per heavy atom. The van der Waals surface area contributed by atoms with E-state index in [-0.39, 0.29) is 29.7 Å². The van der Waals surface area contributed by atoms with Gasteiger partial charge in [-0.25, -0.2) is 0 Å². The first kappa shape index (κ1) is 25.0. The van der Waals surface area contributed by atoms with Crippen molar-refractivity contribution in [3.05, 3.63) is 76.3 Å². The minimum Gasteiger partial charge on any atom is -0.378 e. The minimum atomic E-state index is -0.490. The van der Waals surface area contributed by atoms with Crippen molar-refractivity contribution in [1.29, 1.82) is 0 Å². The summed E-state index contributed by atoms with van der Waals surface area (Å²) in [6, 6.07) is 14.6. The van der Waals surface area contributed by atoms with Gasteiger partial charge < -0.3 is 14.2 Å². The molecule has 5 rings (SSSR count). The second-order valence-electron chi connectivity index (χ2n) is 8.93. The van der Waals surface area contributed by atoms with Crippen LogP contribution < -0.4 is 0 Å². The molecular formula is C28H27N3O5S. The number of para-hydroxylation sites is 1. The van der Waals surface area contributed by atoms with E-state index in [2.05, 4.69) is 6.92 Å². The molecule has 2 saturated heterocycles. The summed E-state index contributed by atoms with van der Waals surface area (Å²) < 4.78 is 7.30. The first-order chi connectivity index (χ1) is 18.0. The van der Waals surface area contributed by atoms with Gasteiger partial charge in [-0.1, -0.05) is 55.5 Å². The topological polar surface area (TPSA) is 88.9 Å². The minimum absolute atomic E-state index is 0.0115. The third-order valence-corrected chi connectivity index (χ3v) is 7.53. The Hall–Kier alpha value is -3.69. The van der Waals surface area contributed by atoms with Gasteiger partial charge in [-0.15, -0.1) is 0 Å². The van der Waals surface area contributed by atoms with Gasteiger partial charge in [0.15, 0.2) is 5.78 Å². The van der Waals surface area contributed by atoms with Crippen molar-refractivity contribution in [2.45, 2.75) is 19.9 Å². The van der Waals surface area contributed by atoms with Gasteiger partial charge in [0.25, 0.3) is 11.1 Å². The fourth-order valence-corrected chi connectivity index (χ4v) is 5.51. The quantitative estimate of drug-likeness (QED) is 0.348. The molecule has 0 N–H and O–H groups in total. The van der Waals surface area contributed by atoms with Gasteiger partial charge in [0.2, 0.25) is 5.91 Å². The molecule has 190 valence electrons. The number of morpholine rings is 1. The van der Waals surface area contributed by atoms with E-state index < -0.39 is 11.1 Å². The number of hydrogen-bond donors (Lipinski definition) is 0. The summed E-state index contributed by atoms with van der Waals surface area (Å²) in [5.41, 5.74) is 3.23. The van der Waals surface area contributed by atoms with E-state index in [4.69, 9.17) is 4.74 Å².